The number of carbonyl (C=O) groups is 2. The number of carboxylic acids is 1. The van der Waals surface area contributed by atoms with Crippen LogP contribution in [0.5, 0.6) is 5.75 Å². The van der Waals surface area contributed by atoms with Crippen LogP contribution in [0.25, 0.3) is 11.1 Å². The zero-order valence-electron chi connectivity index (χ0n) is 20.6. The zero-order chi connectivity index (χ0) is 25.5. The minimum atomic E-state index is -0.953. The Kier molecular flexibility index (Phi) is 8.63. The monoisotopic (exact) mass is 477 g/mol. The van der Waals surface area contributed by atoms with Gasteiger partial charge in [0, 0.05) is 12.1 Å². The summed E-state index contributed by atoms with van der Waals surface area (Å²) in [5.74, 6) is -0.372. The Labute approximate surface area is 206 Å². The normalized spacial score (nSPS) is 11.8. The van der Waals surface area contributed by atoms with Crippen molar-refractivity contribution < 1.29 is 23.8 Å². The Hall–Kier alpha value is -3.67. The van der Waals surface area contributed by atoms with E-state index in [-0.39, 0.29) is 30.8 Å². The van der Waals surface area contributed by atoms with Crippen LogP contribution in [0.2, 0.25) is 0 Å². The second-order valence-electron chi connectivity index (χ2n) is 9.20. The first-order valence-electron chi connectivity index (χ1n) is 11.8. The molecule has 0 heterocycles. The quantitative estimate of drug-likeness (QED) is 0.350. The van der Waals surface area contributed by atoms with Gasteiger partial charge in [-0.2, -0.15) is 0 Å². The predicted octanol–water partition coefficient (Wildman–Crippen LogP) is 6.48. The lowest BCUT2D eigenvalue weighted by Gasteiger charge is -2.23. The van der Waals surface area contributed by atoms with Gasteiger partial charge in [-0.05, 0) is 90.4 Å². The average molecular weight is 478 g/mol. The van der Waals surface area contributed by atoms with Gasteiger partial charge in [0.25, 0.3) is 5.91 Å². The lowest BCUT2D eigenvalue weighted by atomic mass is 9.95. The van der Waals surface area contributed by atoms with Crippen molar-refractivity contribution >= 4 is 11.9 Å². The van der Waals surface area contributed by atoms with E-state index in [1.54, 1.807) is 24.3 Å². The molecule has 0 spiro atoms. The minimum Gasteiger partial charge on any atom is -0.486 e. The highest BCUT2D eigenvalue weighted by Gasteiger charge is 2.18. The van der Waals surface area contributed by atoms with Crippen LogP contribution >= 0.6 is 0 Å². The van der Waals surface area contributed by atoms with Crippen LogP contribution in [0.15, 0.2) is 60.7 Å². The highest BCUT2D eigenvalue weighted by molar-refractivity contribution is 5.94. The molecule has 0 aliphatic heterocycles. The largest absolute Gasteiger partial charge is 0.486 e. The standard InChI is InChI=1S/C29H32FNO4/c1-18(2)15-26(21-5-7-23(8-6-21)29(34)31-14-13-27(32)33)35-25-16-19(3)28(20(4)17-25)22-9-11-24(30)12-10-22/h5-12,16-18,26H,13-15H2,1-4H3,(H,31,34)(H,32,33). The van der Waals surface area contributed by atoms with E-state index in [2.05, 4.69) is 19.2 Å². The maximum absolute atomic E-state index is 13.4. The summed E-state index contributed by atoms with van der Waals surface area (Å²) in [6, 6.07) is 17.7. The van der Waals surface area contributed by atoms with Crippen LogP contribution in [-0.4, -0.2) is 23.5 Å². The van der Waals surface area contributed by atoms with Crippen LogP contribution in [0.4, 0.5) is 4.39 Å². The van der Waals surface area contributed by atoms with Crippen LogP contribution in [0.1, 0.15) is 59.8 Å². The molecule has 0 saturated carbocycles. The van der Waals surface area contributed by atoms with Crippen LogP contribution in [0, 0.1) is 25.6 Å². The summed E-state index contributed by atoms with van der Waals surface area (Å²) in [6.45, 7) is 8.40. The topological polar surface area (TPSA) is 75.6 Å². The molecule has 1 unspecified atom stereocenters. The molecule has 2 N–H and O–H groups in total. The lowest BCUT2D eigenvalue weighted by molar-refractivity contribution is -0.136. The molecular formula is C29H32FNO4. The highest BCUT2D eigenvalue weighted by atomic mass is 19.1. The first-order chi connectivity index (χ1) is 16.6. The molecule has 3 aromatic carbocycles. The van der Waals surface area contributed by atoms with E-state index in [1.165, 1.54) is 12.1 Å². The third-order valence-electron chi connectivity index (χ3n) is 5.77. The molecule has 0 aliphatic carbocycles. The predicted molar refractivity (Wildman–Crippen MR) is 135 cm³/mol. The van der Waals surface area contributed by atoms with Crippen molar-refractivity contribution in [3.8, 4) is 16.9 Å². The molecule has 184 valence electrons. The summed E-state index contributed by atoms with van der Waals surface area (Å²) < 4.78 is 19.8. The van der Waals surface area contributed by atoms with E-state index < -0.39 is 5.97 Å². The Balaban J connectivity index is 1.79. The Bertz CT molecular complexity index is 1150. The third-order valence-corrected chi connectivity index (χ3v) is 5.77. The molecule has 0 aromatic heterocycles. The summed E-state index contributed by atoms with van der Waals surface area (Å²) in [7, 11) is 0. The molecular weight excluding hydrogens is 445 g/mol. The molecule has 35 heavy (non-hydrogen) atoms. The van der Waals surface area contributed by atoms with Gasteiger partial charge < -0.3 is 15.2 Å². The van der Waals surface area contributed by atoms with Crippen molar-refractivity contribution in [2.24, 2.45) is 5.92 Å². The second-order valence-corrected chi connectivity index (χ2v) is 9.20. The SMILES string of the molecule is Cc1cc(OC(CC(C)C)c2ccc(C(=O)NCCC(=O)O)cc2)cc(C)c1-c1ccc(F)cc1. The highest BCUT2D eigenvalue weighted by Crippen LogP contribution is 2.34. The van der Waals surface area contributed by atoms with E-state index >= 15 is 0 Å². The molecule has 0 aliphatic rings. The van der Waals surface area contributed by atoms with Gasteiger partial charge in [0.05, 0.1) is 6.42 Å². The van der Waals surface area contributed by atoms with Gasteiger partial charge in [-0.15, -0.1) is 0 Å². The van der Waals surface area contributed by atoms with Gasteiger partial charge >= 0.3 is 5.97 Å². The maximum Gasteiger partial charge on any atom is 0.305 e. The number of benzene rings is 3. The van der Waals surface area contributed by atoms with E-state index in [0.29, 0.717) is 11.5 Å². The molecule has 6 heteroatoms. The maximum atomic E-state index is 13.4. The van der Waals surface area contributed by atoms with Crippen LogP contribution in [-0.2, 0) is 4.79 Å². The summed E-state index contributed by atoms with van der Waals surface area (Å²) in [4.78, 5) is 22.9. The van der Waals surface area contributed by atoms with Gasteiger partial charge in [0.15, 0.2) is 0 Å². The minimum absolute atomic E-state index is 0.0849. The lowest BCUT2D eigenvalue weighted by Crippen LogP contribution is -2.26. The number of aryl methyl sites for hydroxylation is 2. The van der Waals surface area contributed by atoms with Gasteiger partial charge in [-0.1, -0.05) is 38.1 Å². The number of nitrogens with one attached hydrogen (secondary N) is 1. The van der Waals surface area contributed by atoms with Gasteiger partial charge in [0.1, 0.15) is 17.7 Å². The van der Waals surface area contributed by atoms with E-state index in [1.807, 2.05) is 38.1 Å². The van der Waals surface area contributed by atoms with Gasteiger partial charge in [-0.25, -0.2) is 4.39 Å². The third kappa shape index (κ3) is 7.15. The van der Waals surface area contributed by atoms with Gasteiger partial charge in [0.2, 0.25) is 0 Å². The molecule has 3 aromatic rings. The molecule has 1 atom stereocenters. The fourth-order valence-corrected chi connectivity index (χ4v) is 4.14. The average Bonchev–Trinajstić information content (AvgIpc) is 2.79. The first-order valence-corrected chi connectivity index (χ1v) is 11.8. The number of halogens is 1. The van der Waals surface area contributed by atoms with Crippen LogP contribution < -0.4 is 10.1 Å². The number of carboxylic acid groups (broad SMARTS) is 1. The molecule has 3 rings (SSSR count). The number of rotatable bonds is 10. The Morgan fingerprint density at radius 2 is 1.57 bits per heavy atom. The summed E-state index contributed by atoms with van der Waals surface area (Å²) in [5, 5.41) is 11.3. The van der Waals surface area contributed by atoms with E-state index in [4.69, 9.17) is 9.84 Å². The number of ether oxygens (including phenoxy) is 1. The van der Waals surface area contributed by atoms with Crippen molar-refractivity contribution in [3.63, 3.8) is 0 Å². The fraction of sp³-hybridized carbons (Fsp3) is 0.310. The second kappa shape index (κ2) is 11.6. The number of amides is 1. The smallest absolute Gasteiger partial charge is 0.305 e. The van der Waals surface area contributed by atoms with Crippen molar-refractivity contribution in [1.82, 2.24) is 5.32 Å². The van der Waals surface area contributed by atoms with Crippen LogP contribution in [0.3, 0.4) is 0 Å². The molecule has 0 saturated heterocycles. The fourth-order valence-electron chi connectivity index (χ4n) is 4.14. The van der Waals surface area contributed by atoms with E-state index in [0.717, 1.165) is 40.0 Å². The van der Waals surface area contributed by atoms with Crippen molar-refractivity contribution in [2.75, 3.05) is 6.54 Å². The van der Waals surface area contributed by atoms with E-state index in [9.17, 15) is 14.0 Å². The van der Waals surface area contributed by atoms with Gasteiger partial charge in [-0.3, -0.25) is 9.59 Å². The summed E-state index contributed by atoms with van der Waals surface area (Å²) >= 11 is 0. The zero-order valence-corrected chi connectivity index (χ0v) is 20.6. The number of hydrogen-bond acceptors (Lipinski definition) is 3. The van der Waals surface area contributed by atoms with Crippen molar-refractivity contribution in [1.29, 1.82) is 0 Å². The number of aliphatic carboxylic acids is 1. The molecule has 1 amide bonds. The molecule has 0 radical (unpaired) electrons. The molecule has 0 bridgehead atoms. The summed E-state index contributed by atoms with van der Waals surface area (Å²) in [5.41, 5.74) is 5.54. The summed E-state index contributed by atoms with van der Waals surface area (Å²) in [6.07, 6.45) is 0.476. The Morgan fingerprint density at radius 3 is 2.11 bits per heavy atom. The number of hydrogen-bond donors (Lipinski definition) is 2. The Morgan fingerprint density at radius 1 is 0.971 bits per heavy atom. The molecule has 0 fully saturated rings. The number of carbonyl (C=O) groups excluding carboxylic acids is 1. The molecule has 5 nitrogen and oxygen atoms in total. The first kappa shape index (κ1) is 25.9. The van der Waals surface area contributed by atoms with Crippen molar-refractivity contribution in [2.45, 2.75) is 46.6 Å². The van der Waals surface area contributed by atoms with Crippen molar-refractivity contribution in [3.05, 3.63) is 88.7 Å².